The standard InChI is InChI=1S/C20H21N5O2/c1-13-7-9-21-15(10-13)11-14(2)25(3)20(27)16-12-23-18(24-19(16)26)17-6-4-5-8-22-17/h4-10,12,14H,11H2,1-3H3,(H,23,24,26)/t14-/m1/s1. The predicted molar refractivity (Wildman–Crippen MR) is 102 cm³/mol. The van der Waals surface area contributed by atoms with E-state index in [0.717, 1.165) is 11.3 Å². The second-order valence-electron chi connectivity index (χ2n) is 6.48. The summed E-state index contributed by atoms with van der Waals surface area (Å²) in [6, 6.07) is 9.11. The summed E-state index contributed by atoms with van der Waals surface area (Å²) in [5.74, 6) is -0.0479. The zero-order valence-electron chi connectivity index (χ0n) is 15.5. The summed E-state index contributed by atoms with van der Waals surface area (Å²) in [7, 11) is 1.68. The van der Waals surface area contributed by atoms with Crippen LogP contribution in [0.5, 0.6) is 0 Å². The first kappa shape index (κ1) is 18.4. The van der Waals surface area contributed by atoms with Crippen molar-refractivity contribution in [2.45, 2.75) is 26.3 Å². The third kappa shape index (κ3) is 4.25. The van der Waals surface area contributed by atoms with Gasteiger partial charge in [0, 0.05) is 43.8 Å². The van der Waals surface area contributed by atoms with Crippen LogP contribution >= 0.6 is 0 Å². The molecule has 138 valence electrons. The van der Waals surface area contributed by atoms with Crippen LogP contribution in [0.4, 0.5) is 0 Å². The van der Waals surface area contributed by atoms with Gasteiger partial charge in [0.05, 0.1) is 0 Å². The first-order valence-electron chi connectivity index (χ1n) is 8.65. The third-order valence-corrected chi connectivity index (χ3v) is 4.40. The van der Waals surface area contributed by atoms with E-state index in [1.54, 1.807) is 37.6 Å². The molecule has 0 aromatic carbocycles. The number of nitrogens with zero attached hydrogens (tertiary/aromatic N) is 4. The Balaban J connectivity index is 1.77. The molecule has 1 N–H and O–H groups in total. The number of rotatable bonds is 5. The first-order valence-corrected chi connectivity index (χ1v) is 8.65. The number of carbonyl (C=O) groups is 1. The summed E-state index contributed by atoms with van der Waals surface area (Å²) in [6.45, 7) is 3.92. The van der Waals surface area contributed by atoms with Crippen LogP contribution in [0, 0.1) is 6.92 Å². The molecule has 0 spiro atoms. The molecule has 0 aliphatic rings. The Morgan fingerprint density at radius 1 is 1.19 bits per heavy atom. The van der Waals surface area contributed by atoms with E-state index in [9.17, 15) is 9.59 Å². The van der Waals surface area contributed by atoms with Gasteiger partial charge in [-0.1, -0.05) is 6.07 Å². The normalized spacial score (nSPS) is 11.8. The highest BCUT2D eigenvalue weighted by Crippen LogP contribution is 2.11. The summed E-state index contributed by atoms with van der Waals surface area (Å²) >= 11 is 0. The number of hydrogen-bond donors (Lipinski definition) is 1. The number of aromatic nitrogens is 4. The van der Waals surface area contributed by atoms with E-state index in [-0.39, 0.29) is 17.5 Å². The first-order chi connectivity index (χ1) is 13.0. The summed E-state index contributed by atoms with van der Waals surface area (Å²) < 4.78 is 0. The minimum Gasteiger partial charge on any atom is -0.338 e. The lowest BCUT2D eigenvalue weighted by Gasteiger charge is -2.24. The molecule has 1 atom stereocenters. The molecule has 0 fully saturated rings. The Kier molecular flexibility index (Phi) is 5.40. The van der Waals surface area contributed by atoms with Gasteiger partial charge in [-0.15, -0.1) is 0 Å². The van der Waals surface area contributed by atoms with E-state index in [1.165, 1.54) is 11.1 Å². The molecule has 0 unspecified atom stereocenters. The quantitative estimate of drug-likeness (QED) is 0.750. The molecular weight excluding hydrogens is 342 g/mol. The molecule has 0 saturated carbocycles. The molecule has 3 rings (SSSR count). The van der Waals surface area contributed by atoms with Crippen molar-refractivity contribution in [1.82, 2.24) is 24.8 Å². The molecule has 0 bridgehead atoms. The van der Waals surface area contributed by atoms with Gasteiger partial charge in [0.1, 0.15) is 11.3 Å². The maximum atomic E-state index is 12.7. The third-order valence-electron chi connectivity index (χ3n) is 4.40. The summed E-state index contributed by atoms with van der Waals surface area (Å²) in [4.78, 5) is 42.0. The maximum Gasteiger partial charge on any atom is 0.264 e. The fourth-order valence-electron chi connectivity index (χ4n) is 2.72. The predicted octanol–water partition coefficient (Wildman–Crippen LogP) is 2.24. The number of likely N-dealkylation sites (N-methyl/N-ethyl adjacent to an activating group) is 1. The number of pyridine rings is 2. The van der Waals surface area contributed by atoms with Gasteiger partial charge in [0.2, 0.25) is 0 Å². The molecule has 0 saturated heterocycles. The van der Waals surface area contributed by atoms with Gasteiger partial charge in [-0.3, -0.25) is 19.6 Å². The molecule has 0 aliphatic carbocycles. The van der Waals surface area contributed by atoms with E-state index in [0.29, 0.717) is 17.9 Å². The fourth-order valence-corrected chi connectivity index (χ4v) is 2.72. The maximum absolute atomic E-state index is 12.7. The van der Waals surface area contributed by atoms with Gasteiger partial charge in [0.25, 0.3) is 11.5 Å². The Morgan fingerprint density at radius 3 is 2.67 bits per heavy atom. The molecule has 0 aliphatic heterocycles. The molecular formula is C20H21N5O2. The average Bonchev–Trinajstić information content (AvgIpc) is 2.67. The van der Waals surface area contributed by atoms with Gasteiger partial charge in [-0.2, -0.15) is 0 Å². The van der Waals surface area contributed by atoms with Crippen molar-refractivity contribution >= 4 is 5.91 Å². The number of amides is 1. The zero-order chi connectivity index (χ0) is 19.4. The Bertz CT molecular complexity index is 1000. The SMILES string of the molecule is Cc1ccnc(C[C@@H](C)N(C)C(=O)c2cnc(-c3ccccn3)[nH]c2=O)c1. The second-order valence-corrected chi connectivity index (χ2v) is 6.48. The van der Waals surface area contributed by atoms with Crippen molar-refractivity contribution in [3.63, 3.8) is 0 Å². The lowest BCUT2D eigenvalue weighted by Crippen LogP contribution is -2.39. The lowest BCUT2D eigenvalue weighted by atomic mass is 10.1. The van der Waals surface area contributed by atoms with Crippen LogP contribution in [-0.2, 0) is 6.42 Å². The number of H-pyrrole nitrogens is 1. The van der Waals surface area contributed by atoms with Crippen LogP contribution in [0.1, 0.15) is 28.5 Å². The van der Waals surface area contributed by atoms with Crippen molar-refractivity contribution in [2.24, 2.45) is 0 Å². The van der Waals surface area contributed by atoms with E-state index < -0.39 is 5.56 Å². The fraction of sp³-hybridized carbons (Fsp3) is 0.250. The van der Waals surface area contributed by atoms with E-state index in [2.05, 4.69) is 19.9 Å². The molecule has 7 nitrogen and oxygen atoms in total. The highest BCUT2D eigenvalue weighted by molar-refractivity contribution is 5.93. The average molecular weight is 363 g/mol. The van der Waals surface area contributed by atoms with Crippen molar-refractivity contribution in [3.05, 3.63) is 76.1 Å². The number of nitrogens with one attached hydrogen (secondary N) is 1. The Hall–Kier alpha value is -3.35. The smallest absolute Gasteiger partial charge is 0.264 e. The van der Waals surface area contributed by atoms with Crippen molar-refractivity contribution in [3.8, 4) is 11.5 Å². The van der Waals surface area contributed by atoms with Gasteiger partial charge in [-0.25, -0.2) is 4.98 Å². The van der Waals surface area contributed by atoms with Crippen LogP contribution < -0.4 is 5.56 Å². The summed E-state index contributed by atoms with van der Waals surface area (Å²) in [5.41, 5.74) is 2.08. The molecule has 3 heterocycles. The zero-order valence-corrected chi connectivity index (χ0v) is 15.5. The van der Waals surface area contributed by atoms with Gasteiger partial charge >= 0.3 is 0 Å². The number of carbonyl (C=O) groups excluding carboxylic acids is 1. The molecule has 0 radical (unpaired) electrons. The van der Waals surface area contributed by atoms with Gasteiger partial charge in [0.15, 0.2) is 5.82 Å². The molecule has 27 heavy (non-hydrogen) atoms. The van der Waals surface area contributed by atoms with Gasteiger partial charge in [-0.05, 0) is 43.7 Å². The monoisotopic (exact) mass is 363 g/mol. The molecule has 3 aromatic rings. The lowest BCUT2D eigenvalue weighted by molar-refractivity contribution is 0.0740. The summed E-state index contributed by atoms with van der Waals surface area (Å²) in [5, 5.41) is 0. The topological polar surface area (TPSA) is 91.8 Å². The number of aromatic amines is 1. The minimum atomic E-state index is -0.483. The molecule has 1 amide bonds. The van der Waals surface area contributed by atoms with Crippen molar-refractivity contribution in [2.75, 3.05) is 7.05 Å². The van der Waals surface area contributed by atoms with Crippen LogP contribution in [0.15, 0.2) is 53.7 Å². The van der Waals surface area contributed by atoms with Crippen LogP contribution in [0.25, 0.3) is 11.5 Å². The Labute approximate surface area is 157 Å². The van der Waals surface area contributed by atoms with Crippen LogP contribution in [0.2, 0.25) is 0 Å². The largest absolute Gasteiger partial charge is 0.338 e. The van der Waals surface area contributed by atoms with E-state index in [4.69, 9.17) is 0 Å². The van der Waals surface area contributed by atoms with Crippen molar-refractivity contribution in [1.29, 1.82) is 0 Å². The minimum absolute atomic E-state index is 0.00114. The number of hydrogen-bond acceptors (Lipinski definition) is 5. The second kappa shape index (κ2) is 7.90. The van der Waals surface area contributed by atoms with Crippen LogP contribution in [0.3, 0.4) is 0 Å². The molecule has 3 aromatic heterocycles. The molecule has 7 heteroatoms. The summed E-state index contributed by atoms with van der Waals surface area (Å²) in [6.07, 6.45) is 5.27. The highest BCUT2D eigenvalue weighted by atomic mass is 16.2. The van der Waals surface area contributed by atoms with E-state index in [1.807, 2.05) is 26.0 Å². The van der Waals surface area contributed by atoms with Gasteiger partial charge < -0.3 is 9.88 Å². The Morgan fingerprint density at radius 2 is 2.00 bits per heavy atom. The van der Waals surface area contributed by atoms with E-state index >= 15 is 0 Å². The van der Waals surface area contributed by atoms with Crippen LogP contribution in [-0.4, -0.2) is 43.8 Å². The number of aryl methyl sites for hydroxylation is 1. The highest BCUT2D eigenvalue weighted by Gasteiger charge is 2.21. The van der Waals surface area contributed by atoms with Crippen molar-refractivity contribution < 1.29 is 4.79 Å².